The van der Waals surface area contributed by atoms with E-state index in [0.29, 0.717) is 6.54 Å². The van der Waals surface area contributed by atoms with Gasteiger partial charge in [0, 0.05) is 17.8 Å². The Morgan fingerprint density at radius 3 is 1.90 bits per heavy atom. The summed E-state index contributed by atoms with van der Waals surface area (Å²) in [6, 6.07) is 16.1. The molecule has 0 aliphatic carbocycles. The Labute approximate surface area is 121 Å². The quantitative estimate of drug-likeness (QED) is 0.763. The van der Waals surface area contributed by atoms with Crippen LogP contribution in [0.2, 0.25) is 0 Å². The molecule has 0 atom stereocenters. The number of benzene rings is 2. The number of Topliss-reactive ketones (excluding diaryl/α,β-unsaturated/α-hetero) is 1. The Morgan fingerprint density at radius 2 is 1.40 bits per heavy atom. The third-order valence-corrected chi connectivity index (χ3v) is 3.49. The van der Waals surface area contributed by atoms with Gasteiger partial charge in [0.1, 0.15) is 0 Å². The van der Waals surface area contributed by atoms with Crippen molar-refractivity contribution in [2.75, 3.05) is 18.0 Å². The second-order valence-electron chi connectivity index (χ2n) is 5.14. The minimum atomic E-state index is 0.160. The first-order valence-corrected chi connectivity index (χ1v) is 7.01. The van der Waals surface area contributed by atoms with Gasteiger partial charge in [-0.3, -0.25) is 4.79 Å². The second kappa shape index (κ2) is 6.38. The zero-order valence-corrected chi connectivity index (χ0v) is 12.4. The van der Waals surface area contributed by atoms with Crippen LogP contribution in [0.15, 0.2) is 48.5 Å². The molecule has 0 N–H and O–H groups in total. The summed E-state index contributed by atoms with van der Waals surface area (Å²) in [5.74, 6) is 0.160. The van der Waals surface area contributed by atoms with E-state index in [1.807, 2.05) is 31.2 Å². The molecule has 0 radical (unpaired) electrons. The lowest BCUT2D eigenvalue weighted by Gasteiger charge is -2.22. The van der Waals surface area contributed by atoms with Crippen LogP contribution in [0.25, 0.3) is 0 Å². The van der Waals surface area contributed by atoms with Crippen LogP contribution < -0.4 is 4.90 Å². The van der Waals surface area contributed by atoms with E-state index in [4.69, 9.17) is 0 Å². The average molecular weight is 267 g/mol. The Bertz CT molecular complexity index is 569. The molecule has 0 bridgehead atoms. The lowest BCUT2D eigenvalue weighted by molar-refractivity contribution is 0.0999. The zero-order valence-electron chi connectivity index (χ0n) is 12.4. The summed E-state index contributed by atoms with van der Waals surface area (Å²) in [5.41, 5.74) is 4.28. The molecule has 0 fully saturated rings. The van der Waals surface area contributed by atoms with Crippen LogP contribution in [-0.2, 0) is 0 Å². The highest BCUT2D eigenvalue weighted by Gasteiger charge is 2.11. The summed E-state index contributed by atoms with van der Waals surface area (Å²) < 4.78 is 0. The third-order valence-electron chi connectivity index (χ3n) is 3.49. The number of nitrogens with zero attached hydrogens (tertiary/aromatic N) is 1. The maximum atomic E-state index is 12.3. The van der Waals surface area contributed by atoms with Gasteiger partial charge in [-0.15, -0.1) is 0 Å². The van der Waals surface area contributed by atoms with Gasteiger partial charge in [-0.25, -0.2) is 0 Å². The first-order valence-electron chi connectivity index (χ1n) is 7.01. The monoisotopic (exact) mass is 267 g/mol. The number of carbonyl (C=O) groups excluding carboxylic acids is 1. The van der Waals surface area contributed by atoms with E-state index in [2.05, 4.69) is 43.0 Å². The molecule has 20 heavy (non-hydrogen) atoms. The zero-order chi connectivity index (χ0) is 14.5. The van der Waals surface area contributed by atoms with E-state index >= 15 is 0 Å². The van der Waals surface area contributed by atoms with Gasteiger partial charge in [-0.2, -0.15) is 0 Å². The lowest BCUT2D eigenvalue weighted by atomic mass is 10.1. The van der Waals surface area contributed by atoms with Gasteiger partial charge >= 0.3 is 0 Å². The van der Waals surface area contributed by atoms with Crippen molar-refractivity contribution < 1.29 is 4.79 Å². The normalized spacial score (nSPS) is 10.3. The standard InChI is InChI=1S/C18H21NO/c1-4-19(17-11-7-15(3)8-12-17)13-18(20)16-9-5-14(2)6-10-16/h5-12H,4,13H2,1-3H3. The number of carbonyl (C=O) groups is 1. The molecule has 0 spiro atoms. The third kappa shape index (κ3) is 3.47. The highest BCUT2D eigenvalue weighted by Crippen LogP contribution is 2.16. The maximum absolute atomic E-state index is 12.3. The molecule has 2 rings (SSSR count). The Hall–Kier alpha value is -2.09. The van der Waals surface area contributed by atoms with E-state index < -0.39 is 0 Å². The SMILES string of the molecule is CCN(CC(=O)c1ccc(C)cc1)c1ccc(C)cc1. The molecule has 0 aromatic heterocycles. The van der Waals surface area contributed by atoms with Crippen molar-refractivity contribution in [1.29, 1.82) is 0 Å². The number of ketones is 1. The highest BCUT2D eigenvalue weighted by atomic mass is 16.1. The molecule has 0 aliphatic heterocycles. The van der Waals surface area contributed by atoms with Crippen molar-refractivity contribution in [2.45, 2.75) is 20.8 Å². The molecule has 0 aliphatic rings. The summed E-state index contributed by atoms with van der Waals surface area (Å²) in [4.78, 5) is 14.4. The van der Waals surface area contributed by atoms with E-state index in [1.165, 1.54) is 11.1 Å². The van der Waals surface area contributed by atoms with Crippen LogP contribution in [-0.4, -0.2) is 18.9 Å². The number of likely N-dealkylation sites (N-methyl/N-ethyl adjacent to an activating group) is 1. The molecule has 2 aromatic carbocycles. The fourth-order valence-corrected chi connectivity index (χ4v) is 2.15. The van der Waals surface area contributed by atoms with Crippen LogP contribution in [0.5, 0.6) is 0 Å². The molecule has 2 aromatic rings. The van der Waals surface area contributed by atoms with Crippen LogP contribution in [0.1, 0.15) is 28.4 Å². The number of anilines is 1. The number of aryl methyl sites for hydroxylation is 2. The average Bonchev–Trinajstić information content (AvgIpc) is 2.46. The lowest BCUT2D eigenvalue weighted by Crippen LogP contribution is -2.29. The Balaban J connectivity index is 2.11. The van der Waals surface area contributed by atoms with Gasteiger partial charge in [-0.1, -0.05) is 47.5 Å². The maximum Gasteiger partial charge on any atom is 0.182 e. The van der Waals surface area contributed by atoms with Crippen molar-refractivity contribution in [3.63, 3.8) is 0 Å². The Morgan fingerprint density at radius 1 is 0.900 bits per heavy atom. The van der Waals surface area contributed by atoms with E-state index in [9.17, 15) is 4.79 Å². The van der Waals surface area contributed by atoms with Crippen molar-refractivity contribution >= 4 is 11.5 Å². The molecule has 2 heteroatoms. The topological polar surface area (TPSA) is 20.3 Å². The van der Waals surface area contributed by atoms with Gasteiger partial charge in [-0.05, 0) is 32.9 Å². The largest absolute Gasteiger partial charge is 0.364 e. The van der Waals surface area contributed by atoms with E-state index in [1.54, 1.807) is 0 Å². The first-order chi connectivity index (χ1) is 9.60. The number of rotatable bonds is 5. The summed E-state index contributed by atoms with van der Waals surface area (Å²) in [6.45, 7) is 7.40. The molecule has 0 saturated carbocycles. The van der Waals surface area contributed by atoms with Gasteiger partial charge in [0.05, 0.1) is 6.54 Å². The van der Waals surface area contributed by atoms with Crippen LogP contribution in [0.3, 0.4) is 0 Å². The molecular weight excluding hydrogens is 246 g/mol. The molecule has 0 saturated heterocycles. The number of hydrogen-bond donors (Lipinski definition) is 0. The second-order valence-corrected chi connectivity index (χ2v) is 5.14. The minimum absolute atomic E-state index is 0.160. The first kappa shape index (κ1) is 14.3. The molecule has 0 heterocycles. The molecule has 2 nitrogen and oxygen atoms in total. The molecule has 0 unspecified atom stereocenters. The van der Waals surface area contributed by atoms with Crippen LogP contribution in [0, 0.1) is 13.8 Å². The minimum Gasteiger partial charge on any atom is -0.364 e. The van der Waals surface area contributed by atoms with Gasteiger partial charge in [0.2, 0.25) is 0 Å². The summed E-state index contributed by atoms with van der Waals surface area (Å²) in [6.07, 6.45) is 0. The van der Waals surface area contributed by atoms with Crippen molar-refractivity contribution in [1.82, 2.24) is 0 Å². The van der Waals surface area contributed by atoms with Crippen molar-refractivity contribution in [3.8, 4) is 0 Å². The van der Waals surface area contributed by atoms with Gasteiger partial charge in [0.15, 0.2) is 5.78 Å². The summed E-state index contributed by atoms with van der Waals surface area (Å²) in [5, 5.41) is 0. The number of hydrogen-bond acceptors (Lipinski definition) is 2. The summed E-state index contributed by atoms with van der Waals surface area (Å²) >= 11 is 0. The van der Waals surface area contributed by atoms with E-state index in [0.717, 1.165) is 17.8 Å². The summed E-state index contributed by atoms with van der Waals surface area (Å²) in [7, 11) is 0. The van der Waals surface area contributed by atoms with Gasteiger partial charge in [0.25, 0.3) is 0 Å². The highest BCUT2D eigenvalue weighted by molar-refractivity contribution is 5.99. The van der Waals surface area contributed by atoms with Gasteiger partial charge < -0.3 is 4.90 Å². The van der Waals surface area contributed by atoms with E-state index in [-0.39, 0.29) is 5.78 Å². The van der Waals surface area contributed by atoms with Crippen molar-refractivity contribution in [2.24, 2.45) is 0 Å². The van der Waals surface area contributed by atoms with Crippen molar-refractivity contribution in [3.05, 3.63) is 65.2 Å². The predicted octanol–water partition coefficient (Wildman–Crippen LogP) is 4.01. The van der Waals surface area contributed by atoms with Crippen LogP contribution in [0.4, 0.5) is 5.69 Å². The smallest absolute Gasteiger partial charge is 0.182 e. The molecule has 0 amide bonds. The Kier molecular flexibility index (Phi) is 4.57. The molecular formula is C18H21NO. The van der Waals surface area contributed by atoms with Crippen LogP contribution >= 0.6 is 0 Å². The fourth-order valence-electron chi connectivity index (χ4n) is 2.15. The fraction of sp³-hybridized carbons (Fsp3) is 0.278. The predicted molar refractivity (Wildman–Crippen MR) is 84.6 cm³/mol. The molecule has 104 valence electrons.